The highest BCUT2D eigenvalue weighted by molar-refractivity contribution is 9.10. The maximum atomic E-state index is 14.4. The molecule has 0 aliphatic carbocycles. The van der Waals surface area contributed by atoms with Crippen LogP contribution in [0, 0.1) is 12.7 Å². The molecule has 0 aliphatic heterocycles. The lowest BCUT2D eigenvalue weighted by Crippen LogP contribution is -2.32. The highest BCUT2D eigenvalue weighted by atomic mass is 79.9. The zero-order chi connectivity index (χ0) is 20.3. The smallest absolute Gasteiger partial charge is 0.123 e. The Morgan fingerprint density at radius 1 is 0.690 bits per heavy atom. The molecule has 0 atom stereocenters. The van der Waals surface area contributed by atoms with Gasteiger partial charge in [-0.2, -0.15) is 0 Å². The van der Waals surface area contributed by atoms with Crippen LogP contribution in [-0.2, 0) is 6.16 Å². The summed E-state index contributed by atoms with van der Waals surface area (Å²) in [4.78, 5) is 0. The Morgan fingerprint density at radius 3 is 1.52 bits per heavy atom. The van der Waals surface area contributed by atoms with Gasteiger partial charge in [0, 0.05) is 10.0 Å². The molecule has 0 saturated heterocycles. The van der Waals surface area contributed by atoms with Crippen LogP contribution in [0.3, 0.4) is 0 Å². The van der Waals surface area contributed by atoms with E-state index in [4.69, 9.17) is 0 Å². The molecular weight excluding hydrogens is 442 g/mol. The number of benzene rings is 4. The second-order valence-electron chi connectivity index (χ2n) is 7.17. The fourth-order valence-electron chi connectivity index (χ4n) is 3.93. The zero-order valence-electron chi connectivity index (χ0n) is 16.2. The van der Waals surface area contributed by atoms with Crippen molar-refractivity contribution in [2.24, 2.45) is 0 Å². The van der Waals surface area contributed by atoms with E-state index in [2.05, 4.69) is 107 Å². The van der Waals surface area contributed by atoms with Crippen molar-refractivity contribution in [1.29, 1.82) is 0 Å². The lowest BCUT2D eigenvalue weighted by molar-refractivity contribution is 0.624. The summed E-state index contributed by atoms with van der Waals surface area (Å²) < 4.78 is 15.4. The first-order valence-corrected chi connectivity index (χ1v) is 12.4. The molecule has 144 valence electrons. The first kappa shape index (κ1) is 20.0. The fourth-order valence-corrected chi connectivity index (χ4v) is 8.77. The summed E-state index contributed by atoms with van der Waals surface area (Å²) in [5.41, 5.74) is 1.93. The van der Waals surface area contributed by atoms with Gasteiger partial charge in [0.2, 0.25) is 0 Å². The van der Waals surface area contributed by atoms with Gasteiger partial charge in [0.25, 0.3) is 0 Å². The number of hydrogen-bond donors (Lipinski definition) is 0. The molecular formula is C26H22BrFP+. The summed E-state index contributed by atoms with van der Waals surface area (Å²) in [6.07, 6.45) is 0.754. The van der Waals surface area contributed by atoms with Crippen LogP contribution in [0.15, 0.2) is 108 Å². The third kappa shape index (κ3) is 3.92. The summed E-state index contributed by atoms with van der Waals surface area (Å²) in [7, 11) is -2.04. The third-order valence-electron chi connectivity index (χ3n) is 5.29. The first-order valence-electron chi connectivity index (χ1n) is 9.61. The standard InChI is InChI=1S/C26H22BrFP/c1-20-17-22(28)18-21(26(20)27)19-29(23-11-5-2-6-12-23,24-13-7-3-8-14-24)25-15-9-4-10-16-25/h2-18H,19H2,1H3/q+1. The minimum atomic E-state index is -2.04. The van der Waals surface area contributed by atoms with Gasteiger partial charge in [-0.3, -0.25) is 0 Å². The Labute approximate surface area is 180 Å². The van der Waals surface area contributed by atoms with Crippen molar-refractivity contribution >= 4 is 39.1 Å². The number of rotatable bonds is 5. The number of aryl methyl sites for hydroxylation is 1. The molecule has 0 aliphatic rings. The molecule has 3 heteroatoms. The molecule has 0 heterocycles. The molecule has 0 N–H and O–H groups in total. The number of halogens is 2. The maximum absolute atomic E-state index is 14.4. The normalized spacial score (nSPS) is 11.4. The molecule has 0 bridgehead atoms. The highest BCUT2D eigenvalue weighted by Gasteiger charge is 2.45. The second kappa shape index (κ2) is 8.61. The van der Waals surface area contributed by atoms with Gasteiger partial charge in [-0.25, -0.2) is 4.39 Å². The van der Waals surface area contributed by atoms with E-state index in [-0.39, 0.29) is 5.82 Å². The van der Waals surface area contributed by atoms with E-state index in [1.807, 2.05) is 6.92 Å². The van der Waals surface area contributed by atoms with Gasteiger partial charge < -0.3 is 0 Å². The van der Waals surface area contributed by atoms with E-state index in [1.165, 1.54) is 15.9 Å². The molecule has 0 unspecified atom stereocenters. The van der Waals surface area contributed by atoms with Crippen LogP contribution < -0.4 is 15.9 Å². The minimum absolute atomic E-state index is 0.187. The summed E-state index contributed by atoms with van der Waals surface area (Å²) in [6.45, 7) is 1.95. The fraction of sp³-hybridized carbons (Fsp3) is 0.0769. The zero-order valence-corrected chi connectivity index (χ0v) is 18.7. The Bertz CT molecular complexity index is 999. The van der Waals surface area contributed by atoms with Crippen LogP contribution in [0.2, 0.25) is 0 Å². The molecule has 4 aromatic rings. The molecule has 4 rings (SSSR count). The predicted molar refractivity (Wildman–Crippen MR) is 128 cm³/mol. The molecule has 0 fully saturated rings. The van der Waals surface area contributed by atoms with Crippen LogP contribution in [0.5, 0.6) is 0 Å². The van der Waals surface area contributed by atoms with Crippen LogP contribution in [-0.4, -0.2) is 0 Å². The van der Waals surface area contributed by atoms with E-state index in [0.29, 0.717) is 0 Å². The van der Waals surface area contributed by atoms with Crippen molar-refractivity contribution in [3.05, 3.63) is 125 Å². The quantitative estimate of drug-likeness (QED) is 0.300. The van der Waals surface area contributed by atoms with E-state index in [9.17, 15) is 4.39 Å². The predicted octanol–water partition coefficient (Wildman–Crippen LogP) is 6.39. The lowest BCUT2D eigenvalue weighted by Gasteiger charge is -2.28. The van der Waals surface area contributed by atoms with Crippen molar-refractivity contribution in [2.45, 2.75) is 13.1 Å². The average Bonchev–Trinajstić information content (AvgIpc) is 2.77. The van der Waals surface area contributed by atoms with Gasteiger partial charge in [-0.05, 0) is 61.0 Å². The van der Waals surface area contributed by atoms with Gasteiger partial charge >= 0.3 is 0 Å². The Kier molecular flexibility index (Phi) is 5.94. The third-order valence-corrected chi connectivity index (χ3v) is 10.8. The van der Waals surface area contributed by atoms with Crippen molar-refractivity contribution in [2.75, 3.05) is 0 Å². The molecule has 4 aromatic carbocycles. The average molecular weight is 464 g/mol. The van der Waals surface area contributed by atoms with Crippen molar-refractivity contribution < 1.29 is 4.39 Å². The monoisotopic (exact) mass is 463 g/mol. The molecule has 0 nitrogen and oxygen atoms in total. The Morgan fingerprint density at radius 2 is 1.10 bits per heavy atom. The molecule has 0 spiro atoms. The summed E-state index contributed by atoms with van der Waals surface area (Å²) in [5.74, 6) is -0.187. The van der Waals surface area contributed by atoms with E-state index >= 15 is 0 Å². The summed E-state index contributed by atoms with van der Waals surface area (Å²) in [5, 5.41) is 3.89. The van der Waals surface area contributed by atoms with Gasteiger partial charge in [0.05, 0.1) is 6.16 Å². The van der Waals surface area contributed by atoms with Gasteiger partial charge in [0.1, 0.15) is 29.0 Å². The van der Waals surface area contributed by atoms with Crippen LogP contribution in [0.25, 0.3) is 0 Å². The van der Waals surface area contributed by atoms with Crippen LogP contribution >= 0.6 is 23.2 Å². The lowest BCUT2D eigenvalue weighted by atomic mass is 10.1. The molecule has 0 saturated carbocycles. The molecule has 0 radical (unpaired) electrons. The van der Waals surface area contributed by atoms with Crippen molar-refractivity contribution in [3.8, 4) is 0 Å². The van der Waals surface area contributed by atoms with E-state index in [1.54, 1.807) is 12.1 Å². The van der Waals surface area contributed by atoms with Gasteiger partial charge in [0.15, 0.2) is 0 Å². The van der Waals surface area contributed by atoms with Gasteiger partial charge in [-0.15, -0.1) is 0 Å². The molecule has 0 aromatic heterocycles. The topological polar surface area (TPSA) is 0 Å². The largest absolute Gasteiger partial charge is 0.207 e. The van der Waals surface area contributed by atoms with E-state index < -0.39 is 7.26 Å². The first-order chi connectivity index (χ1) is 14.1. The number of hydrogen-bond acceptors (Lipinski definition) is 0. The summed E-state index contributed by atoms with van der Waals surface area (Å²) in [6, 6.07) is 35.3. The molecule has 0 amide bonds. The molecule has 29 heavy (non-hydrogen) atoms. The van der Waals surface area contributed by atoms with E-state index in [0.717, 1.165) is 21.8 Å². The van der Waals surface area contributed by atoms with Crippen LogP contribution in [0.1, 0.15) is 11.1 Å². The van der Waals surface area contributed by atoms with Crippen molar-refractivity contribution in [3.63, 3.8) is 0 Å². The Hall–Kier alpha value is -2.28. The Balaban J connectivity index is 2.04. The highest BCUT2D eigenvalue weighted by Crippen LogP contribution is 2.58. The summed E-state index contributed by atoms with van der Waals surface area (Å²) >= 11 is 3.74. The van der Waals surface area contributed by atoms with Gasteiger partial charge in [-0.1, -0.05) is 70.5 Å². The van der Waals surface area contributed by atoms with Crippen LogP contribution in [0.4, 0.5) is 4.39 Å². The SMILES string of the molecule is Cc1cc(F)cc(C[P+](c2ccccc2)(c2ccccc2)c2ccccc2)c1Br. The maximum Gasteiger partial charge on any atom is 0.123 e. The second-order valence-corrected chi connectivity index (χ2v) is 11.4. The minimum Gasteiger partial charge on any atom is -0.207 e. The van der Waals surface area contributed by atoms with Crippen molar-refractivity contribution in [1.82, 2.24) is 0 Å².